The number of para-hydroxylation sites is 1. The molecule has 2 N–H and O–H groups in total. The van der Waals surface area contributed by atoms with Crippen LogP contribution in [0.25, 0.3) is 0 Å². The van der Waals surface area contributed by atoms with E-state index in [0.29, 0.717) is 42.2 Å². The van der Waals surface area contributed by atoms with E-state index in [0.717, 1.165) is 44.7 Å². The molecule has 0 radical (unpaired) electrons. The van der Waals surface area contributed by atoms with Crippen LogP contribution in [0.2, 0.25) is 0 Å². The lowest BCUT2D eigenvalue weighted by atomic mass is 10.2. The number of ether oxygens (including phenoxy) is 2. The summed E-state index contributed by atoms with van der Waals surface area (Å²) in [6.07, 6.45) is 2.12. The summed E-state index contributed by atoms with van der Waals surface area (Å²) in [5, 5.41) is 5.87. The lowest BCUT2D eigenvalue weighted by Gasteiger charge is -2.29. The number of aromatic nitrogens is 3. The molecule has 0 atom stereocenters. The van der Waals surface area contributed by atoms with Crippen molar-refractivity contribution in [3.8, 4) is 5.75 Å². The van der Waals surface area contributed by atoms with Gasteiger partial charge in [-0.25, -0.2) is 8.42 Å². The van der Waals surface area contributed by atoms with Crippen LogP contribution in [-0.2, 0) is 14.6 Å². The molecule has 0 spiro atoms. The van der Waals surface area contributed by atoms with Gasteiger partial charge in [-0.05, 0) is 51.0 Å². The summed E-state index contributed by atoms with van der Waals surface area (Å²) in [6.45, 7) is 8.07. The Hall–Kier alpha value is -3.64. The highest BCUT2D eigenvalue weighted by molar-refractivity contribution is 7.92. The Bertz CT molecular complexity index is 1400. The van der Waals surface area contributed by atoms with Gasteiger partial charge in [0.1, 0.15) is 5.75 Å². The van der Waals surface area contributed by atoms with Crippen molar-refractivity contribution in [3.63, 3.8) is 0 Å². The minimum absolute atomic E-state index is 0.206. The van der Waals surface area contributed by atoms with Crippen molar-refractivity contribution >= 4 is 44.7 Å². The third-order valence-electron chi connectivity index (χ3n) is 6.88. The van der Waals surface area contributed by atoms with Gasteiger partial charge in [-0.15, -0.1) is 0 Å². The Kier molecular flexibility index (Phi) is 8.03. The average Bonchev–Trinajstić information content (AvgIpc) is 3.49. The maximum atomic E-state index is 13.0. The molecule has 0 unspecified atom stereocenters. The number of hydrogen-bond donors (Lipinski definition) is 2. The van der Waals surface area contributed by atoms with Gasteiger partial charge in [0.15, 0.2) is 9.84 Å². The Morgan fingerprint density at radius 1 is 0.872 bits per heavy atom. The van der Waals surface area contributed by atoms with E-state index in [4.69, 9.17) is 14.5 Å². The van der Waals surface area contributed by atoms with Crippen molar-refractivity contribution in [1.82, 2.24) is 15.0 Å². The van der Waals surface area contributed by atoms with Crippen LogP contribution in [0.5, 0.6) is 5.75 Å². The number of benzene rings is 2. The molecular formula is C27H35N7O4S. The number of hydrogen-bond acceptors (Lipinski definition) is 11. The average molecular weight is 554 g/mol. The summed E-state index contributed by atoms with van der Waals surface area (Å²) < 4.78 is 37.2. The highest BCUT2D eigenvalue weighted by Gasteiger charge is 2.24. The smallest absolute Gasteiger partial charge is 0.233 e. The second kappa shape index (κ2) is 11.6. The van der Waals surface area contributed by atoms with Crippen LogP contribution in [0.15, 0.2) is 47.4 Å². The first-order chi connectivity index (χ1) is 18.8. The summed E-state index contributed by atoms with van der Waals surface area (Å²) >= 11 is 0. The fourth-order valence-corrected chi connectivity index (χ4v) is 5.85. The quantitative estimate of drug-likeness (QED) is 0.400. The molecule has 12 heteroatoms. The van der Waals surface area contributed by atoms with Gasteiger partial charge < -0.3 is 29.9 Å². The van der Waals surface area contributed by atoms with Crippen LogP contribution in [-0.4, -0.2) is 75.1 Å². The standard InChI is InChI=1S/C27H35N7O4S/c1-19(2)39(35,36)24-9-5-4-8-22(24)29-26-30-25(31-27(32-26)34-12-6-7-13-34)28-21-11-10-20(18-23(21)37-3)33-14-16-38-17-15-33/h4-5,8-11,18-19H,6-7,12-17H2,1-3H3,(H2,28,29,30,31,32). The molecule has 2 saturated heterocycles. The highest BCUT2D eigenvalue weighted by atomic mass is 32.2. The topological polar surface area (TPSA) is 122 Å². The first-order valence-electron chi connectivity index (χ1n) is 13.2. The second-order valence-electron chi connectivity index (χ2n) is 9.80. The molecule has 3 aromatic rings. The van der Waals surface area contributed by atoms with Gasteiger partial charge in [-0.1, -0.05) is 12.1 Å². The molecule has 208 valence electrons. The summed E-state index contributed by atoms with van der Waals surface area (Å²) in [7, 11) is -1.89. The number of anilines is 6. The van der Waals surface area contributed by atoms with Crippen LogP contribution in [0.4, 0.5) is 34.9 Å². The lowest BCUT2D eigenvalue weighted by molar-refractivity contribution is 0.122. The first-order valence-corrected chi connectivity index (χ1v) is 14.8. The van der Waals surface area contributed by atoms with Crippen LogP contribution in [0.3, 0.4) is 0 Å². The van der Waals surface area contributed by atoms with Crippen LogP contribution in [0, 0.1) is 0 Å². The number of nitrogens with zero attached hydrogens (tertiary/aromatic N) is 5. The summed E-state index contributed by atoms with van der Waals surface area (Å²) in [5.41, 5.74) is 2.18. The van der Waals surface area contributed by atoms with E-state index >= 15 is 0 Å². The summed E-state index contributed by atoms with van der Waals surface area (Å²) in [4.78, 5) is 18.5. The van der Waals surface area contributed by atoms with Gasteiger partial charge in [0.25, 0.3) is 0 Å². The van der Waals surface area contributed by atoms with Crippen molar-refractivity contribution in [2.24, 2.45) is 0 Å². The third-order valence-corrected chi connectivity index (χ3v) is 9.09. The van der Waals surface area contributed by atoms with E-state index < -0.39 is 15.1 Å². The Morgan fingerprint density at radius 3 is 2.21 bits per heavy atom. The zero-order valence-electron chi connectivity index (χ0n) is 22.6. The number of sulfone groups is 1. The predicted molar refractivity (Wildman–Crippen MR) is 153 cm³/mol. The number of methoxy groups -OCH3 is 1. The minimum Gasteiger partial charge on any atom is -0.494 e. The van der Waals surface area contributed by atoms with Gasteiger partial charge in [0, 0.05) is 37.9 Å². The molecule has 2 aliphatic heterocycles. The van der Waals surface area contributed by atoms with E-state index in [1.165, 1.54) is 0 Å². The first kappa shape index (κ1) is 26.9. The highest BCUT2D eigenvalue weighted by Crippen LogP contribution is 2.33. The molecular weight excluding hydrogens is 518 g/mol. The molecule has 2 fully saturated rings. The van der Waals surface area contributed by atoms with E-state index in [1.807, 2.05) is 18.2 Å². The third kappa shape index (κ3) is 6.01. The molecule has 1 aromatic heterocycles. The lowest BCUT2D eigenvalue weighted by Crippen LogP contribution is -2.36. The maximum Gasteiger partial charge on any atom is 0.233 e. The Morgan fingerprint density at radius 2 is 1.54 bits per heavy atom. The van der Waals surface area contributed by atoms with Crippen LogP contribution >= 0.6 is 0 Å². The van der Waals surface area contributed by atoms with Crippen molar-refractivity contribution in [1.29, 1.82) is 0 Å². The molecule has 39 heavy (non-hydrogen) atoms. The molecule has 0 amide bonds. The number of nitrogens with one attached hydrogen (secondary N) is 2. The van der Waals surface area contributed by atoms with E-state index in [-0.39, 0.29) is 10.8 Å². The molecule has 0 aliphatic carbocycles. The van der Waals surface area contributed by atoms with Gasteiger partial charge in [0.05, 0.1) is 41.8 Å². The molecule has 2 aliphatic rings. The summed E-state index contributed by atoms with van der Waals surface area (Å²) in [5.74, 6) is 1.77. The van der Waals surface area contributed by atoms with E-state index in [9.17, 15) is 8.42 Å². The van der Waals surface area contributed by atoms with Crippen LogP contribution < -0.4 is 25.2 Å². The van der Waals surface area contributed by atoms with Gasteiger partial charge >= 0.3 is 0 Å². The molecule has 5 rings (SSSR count). The normalized spacial score (nSPS) is 16.0. The second-order valence-corrected chi connectivity index (χ2v) is 12.3. The molecule has 3 heterocycles. The Balaban J connectivity index is 1.48. The zero-order valence-corrected chi connectivity index (χ0v) is 23.4. The predicted octanol–water partition coefficient (Wildman–Crippen LogP) is 3.99. The molecule has 11 nitrogen and oxygen atoms in total. The van der Waals surface area contributed by atoms with Gasteiger partial charge in [-0.2, -0.15) is 15.0 Å². The largest absolute Gasteiger partial charge is 0.494 e. The molecule has 0 bridgehead atoms. The SMILES string of the molecule is COc1cc(N2CCOCC2)ccc1Nc1nc(Nc2ccccc2S(=O)(=O)C(C)C)nc(N2CCCC2)n1. The van der Waals surface area contributed by atoms with Crippen molar-refractivity contribution in [2.75, 3.05) is 66.9 Å². The van der Waals surface area contributed by atoms with Gasteiger partial charge in [-0.3, -0.25) is 0 Å². The fourth-order valence-electron chi connectivity index (χ4n) is 4.65. The summed E-state index contributed by atoms with van der Waals surface area (Å²) in [6, 6.07) is 12.8. The monoisotopic (exact) mass is 553 g/mol. The van der Waals surface area contributed by atoms with E-state index in [2.05, 4.69) is 30.4 Å². The zero-order chi connectivity index (χ0) is 27.4. The molecule has 2 aromatic carbocycles. The number of rotatable bonds is 9. The van der Waals surface area contributed by atoms with Gasteiger partial charge in [0.2, 0.25) is 17.8 Å². The fraction of sp³-hybridized carbons (Fsp3) is 0.444. The number of morpholine rings is 1. The van der Waals surface area contributed by atoms with Crippen molar-refractivity contribution in [2.45, 2.75) is 36.8 Å². The Labute approximate surface area is 229 Å². The van der Waals surface area contributed by atoms with Crippen molar-refractivity contribution < 1.29 is 17.9 Å². The maximum absolute atomic E-state index is 13.0. The molecule has 0 saturated carbocycles. The van der Waals surface area contributed by atoms with E-state index in [1.54, 1.807) is 45.2 Å². The van der Waals surface area contributed by atoms with Crippen molar-refractivity contribution in [3.05, 3.63) is 42.5 Å². The van der Waals surface area contributed by atoms with Crippen LogP contribution in [0.1, 0.15) is 26.7 Å². The minimum atomic E-state index is -3.52.